The minimum absolute atomic E-state index is 0.232. The Morgan fingerprint density at radius 3 is 2.19 bits per heavy atom. The van der Waals surface area contributed by atoms with Crippen LogP contribution in [0, 0.1) is 6.92 Å². The van der Waals surface area contributed by atoms with Crippen LogP contribution in [0.5, 0.6) is 0 Å². The van der Waals surface area contributed by atoms with Crippen LogP contribution in [0.4, 0.5) is 17.1 Å². The van der Waals surface area contributed by atoms with E-state index in [1.54, 1.807) is 6.07 Å². The second-order valence-electron chi connectivity index (χ2n) is 5.38. The lowest BCUT2D eigenvalue weighted by Crippen LogP contribution is -2.18. The van der Waals surface area contributed by atoms with Gasteiger partial charge in [-0.1, -0.05) is 29.8 Å². The Hall–Kier alpha value is -2.01. The minimum Gasteiger partial charge on any atom is -0.354 e. The van der Waals surface area contributed by atoms with Gasteiger partial charge in [0.05, 0.1) is 16.6 Å². The van der Waals surface area contributed by atoms with E-state index in [1.807, 2.05) is 49.4 Å². The Balaban J connectivity index is 1.83. The zero-order valence-electron chi connectivity index (χ0n) is 11.8. The number of nitrogens with one attached hydrogen (secondary N) is 2. The van der Waals surface area contributed by atoms with Crippen LogP contribution >= 0.6 is 0 Å². The van der Waals surface area contributed by atoms with Crippen molar-refractivity contribution in [3.8, 4) is 0 Å². The van der Waals surface area contributed by atoms with E-state index in [4.69, 9.17) is 0 Å². The van der Waals surface area contributed by atoms with Gasteiger partial charge in [0.1, 0.15) is 0 Å². The van der Waals surface area contributed by atoms with Crippen LogP contribution in [0.15, 0.2) is 48.5 Å². The summed E-state index contributed by atoms with van der Waals surface area (Å²) in [6.45, 7) is 2.03. The maximum atomic E-state index is 12.1. The Kier molecular flexibility index (Phi) is 3.59. The number of hydrogen-bond donors (Lipinski definition) is 2. The first-order valence-corrected chi connectivity index (χ1v) is 8.53. The van der Waals surface area contributed by atoms with Crippen LogP contribution in [0.25, 0.3) is 0 Å². The first kappa shape index (κ1) is 13.9. The first-order valence-electron chi connectivity index (χ1n) is 6.99. The molecule has 0 atom stereocenters. The van der Waals surface area contributed by atoms with Gasteiger partial charge in [-0.3, -0.25) is 4.72 Å². The average Bonchev–Trinajstić information content (AvgIpc) is 3.28. The van der Waals surface area contributed by atoms with Gasteiger partial charge in [0.2, 0.25) is 10.0 Å². The van der Waals surface area contributed by atoms with Crippen molar-refractivity contribution in [2.45, 2.75) is 25.0 Å². The number of hydrogen-bond acceptors (Lipinski definition) is 3. The van der Waals surface area contributed by atoms with Crippen LogP contribution in [0.1, 0.15) is 18.4 Å². The molecule has 0 unspecified atom stereocenters. The molecule has 2 aromatic rings. The third-order valence-corrected chi connectivity index (χ3v) is 5.33. The second-order valence-corrected chi connectivity index (χ2v) is 7.34. The molecule has 1 aliphatic carbocycles. The lowest BCUT2D eigenvalue weighted by molar-refractivity contribution is 0.600. The van der Waals surface area contributed by atoms with E-state index < -0.39 is 10.0 Å². The molecule has 3 rings (SSSR count). The predicted octanol–water partition coefficient (Wildman–Crippen LogP) is 3.64. The summed E-state index contributed by atoms with van der Waals surface area (Å²) >= 11 is 0. The highest BCUT2D eigenvalue weighted by molar-refractivity contribution is 7.93. The fourth-order valence-corrected chi connectivity index (χ4v) is 3.50. The molecule has 0 heterocycles. The molecular formula is C16H18N2O2S. The van der Waals surface area contributed by atoms with Crippen molar-refractivity contribution in [1.29, 1.82) is 0 Å². The summed E-state index contributed by atoms with van der Waals surface area (Å²) < 4.78 is 26.8. The Labute approximate surface area is 125 Å². The van der Waals surface area contributed by atoms with Crippen molar-refractivity contribution < 1.29 is 8.42 Å². The normalized spacial score (nSPS) is 14.7. The molecule has 1 aliphatic rings. The fourth-order valence-electron chi connectivity index (χ4n) is 2.09. The quantitative estimate of drug-likeness (QED) is 0.886. The molecule has 0 amide bonds. The Bertz CT molecular complexity index is 735. The van der Waals surface area contributed by atoms with Crippen molar-refractivity contribution in [1.82, 2.24) is 0 Å². The third kappa shape index (κ3) is 3.36. The zero-order chi connectivity index (χ0) is 14.9. The summed E-state index contributed by atoms with van der Waals surface area (Å²) in [6.07, 6.45) is 1.51. The lowest BCUT2D eigenvalue weighted by Gasteiger charge is -2.14. The molecule has 2 N–H and O–H groups in total. The molecule has 110 valence electrons. The van der Waals surface area contributed by atoms with E-state index in [-0.39, 0.29) is 5.25 Å². The highest BCUT2D eigenvalue weighted by atomic mass is 32.2. The lowest BCUT2D eigenvalue weighted by atomic mass is 10.2. The number of para-hydroxylation sites is 2. The van der Waals surface area contributed by atoms with Crippen LogP contribution in [0.3, 0.4) is 0 Å². The third-order valence-electron chi connectivity index (χ3n) is 3.47. The molecule has 0 aromatic heterocycles. The monoisotopic (exact) mass is 302 g/mol. The zero-order valence-corrected chi connectivity index (χ0v) is 12.7. The maximum Gasteiger partial charge on any atom is 0.235 e. The molecule has 1 saturated carbocycles. The molecule has 0 bridgehead atoms. The summed E-state index contributed by atoms with van der Waals surface area (Å²) in [7, 11) is -3.25. The molecule has 0 radical (unpaired) electrons. The van der Waals surface area contributed by atoms with E-state index in [9.17, 15) is 8.42 Å². The topological polar surface area (TPSA) is 58.2 Å². The van der Waals surface area contributed by atoms with Crippen LogP contribution < -0.4 is 10.0 Å². The number of benzene rings is 2. The van der Waals surface area contributed by atoms with Gasteiger partial charge in [-0.2, -0.15) is 0 Å². The van der Waals surface area contributed by atoms with Gasteiger partial charge in [-0.15, -0.1) is 0 Å². The molecule has 21 heavy (non-hydrogen) atoms. The number of aryl methyl sites for hydroxylation is 1. The number of rotatable bonds is 5. The van der Waals surface area contributed by atoms with Gasteiger partial charge >= 0.3 is 0 Å². The van der Waals surface area contributed by atoms with Crippen molar-refractivity contribution >= 4 is 27.1 Å². The first-order chi connectivity index (χ1) is 10.0. The molecule has 0 spiro atoms. The highest BCUT2D eigenvalue weighted by Crippen LogP contribution is 2.32. The molecule has 0 saturated heterocycles. The summed E-state index contributed by atoms with van der Waals surface area (Å²) in [5.74, 6) is 0. The Morgan fingerprint density at radius 2 is 1.57 bits per heavy atom. The van der Waals surface area contributed by atoms with Gasteiger partial charge in [0.15, 0.2) is 0 Å². The van der Waals surface area contributed by atoms with Crippen molar-refractivity contribution in [3.05, 3.63) is 54.1 Å². The van der Waals surface area contributed by atoms with E-state index in [2.05, 4.69) is 10.0 Å². The van der Waals surface area contributed by atoms with E-state index in [0.29, 0.717) is 5.69 Å². The second kappa shape index (κ2) is 5.41. The molecule has 1 fully saturated rings. The molecule has 2 aromatic carbocycles. The standard InChI is InChI=1S/C16H18N2O2S/c1-12-6-8-13(9-7-12)17-15-4-2-3-5-16(15)18-21(19,20)14-10-11-14/h2-9,14,17-18H,10-11H2,1H3. The molecule has 5 heteroatoms. The molecule has 4 nitrogen and oxygen atoms in total. The Morgan fingerprint density at radius 1 is 0.952 bits per heavy atom. The predicted molar refractivity (Wildman–Crippen MR) is 86.5 cm³/mol. The van der Waals surface area contributed by atoms with Crippen molar-refractivity contribution in [2.24, 2.45) is 0 Å². The average molecular weight is 302 g/mol. The SMILES string of the molecule is Cc1ccc(Nc2ccccc2NS(=O)(=O)C2CC2)cc1. The number of anilines is 3. The van der Waals surface area contributed by atoms with Crippen molar-refractivity contribution in [3.63, 3.8) is 0 Å². The van der Waals surface area contributed by atoms with Gasteiger partial charge in [-0.05, 0) is 44.0 Å². The van der Waals surface area contributed by atoms with E-state index in [1.165, 1.54) is 5.56 Å². The molecular weight excluding hydrogens is 284 g/mol. The van der Waals surface area contributed by atoms with Crippen LogP contribution in [0.2, 0.25) is 0 Å². The smallest absolute Gasteiger partial charge is 0.235 e. The van der Waals surface area contributed by atoms with Gasteiger partial charge < -0.3 is 5.32 Å². The van der Waals surface area contributed by atoms with Crippen LogP contribution in [-0.4, -0.2) is 13.7 Å². The van der Waals surface area contributed by atoms with E-state index in [0.717, 1.165) is 24.2 Å². The van der Waals surface area contributed by atoms with Gasteiger partial charge in [0, 0.05) is 5.69 Å². The number of sulfonamides is 1. The maximum absolute atomic E-state index is 12.1. The summed E-state index contributed by atoms with van der Waals surface area (Å²) in [4.78, 5) is 0. The minimum atomic E-state index is -3.25. The van der Waals surface area contributed by atoms with Gasteiger partial charge in [0.25, 0.3) is 0 Å². The summed E-state index contributed by atoms with van der Waals surface area (Å²) in [5.41, 5.74) is 3.46. The summed E-state index contributed by atoms with van der Waals surface area (Å²) in [6, 6.07) is 15.3. The van der Waals surface area contributed by atoms with Gasteiger partial charge in [-0.25, -0.2) is 8.42 Å². The van der Waals surface area contributed by atoms with E-state index >= 15 is 0 Å². The highest BCUT2D eigenvalue weighted by Gasteiger charge is 2.36. The molecule has 0 aliphatic heterocycles. The summed E-state index contributed by atoms with van der Waals surface area (Å²) in [5, 5.41) is 3.02. The van der Waals surface area contributed by atoms with Crippen LogP contribution in [-0.2, 0) is 10.0 Å². The van der Waals surface area contributed by atoms with Crippen molar-refractivity contribution in [2.75, 3.05) is 10.0 Å². The largest absolute Gasteiger partial charge is 0.354 e. The fraction of sp³-hybridized carbons (Fsp3) is 0.250.